The van der Waals surface area contributed by atoms with Crippen molar-refractivity contribution < 1.29 is 9.53 Å². The highest BCUT2D eigenvalue weighted by atomic mass is 35.5. The van der Waals surface area contributed by atoms with E-state index in [2.05, 4.69) is 25.6 Å². The summed E-state index contributed by atoms with van der Waals surface area (Å²) in [6.07, 6.45) is -0.541. The third-order valence-corrected chi connectivity index (χ3v) is 2.68. The molecule has 0 fully saturated rings. The highest BCUT2D eigenvalue weighted by molar-refractivity contribution is 6.31. The lowest BCUT2D eigenvalue weighted by molar-refractivity contribution is 0.0636. The summed E-state index contributed by atoms with van der Waals surface area (Å²) < 4.78 is 5.19. The van der Waals surface area contributed by atoms with Gasteiger partial charge in [0.15, 0.2) is 0 Å². The van der Waals surface area contributed by atoms with E-state index >= 15 is 0 Å². The average Bonchev–Trinajstić information content (AvgIpc) is 2.35. The number of hydrogen-bond donors (Lipinski definition) is 2. The Bertz CT molecular complexity index is 698. The average molecular weight is 356 g/mol. The summed E-state index contributed by atoms with van der Waals surface area (Å²) in [6.45, 7) is 5.37. The number of anilines is 3. The van der Waals surface area contributed by atoms with Crippen molar-refractivity contribution in [2.45, 2.75) is 26.4 Å². The number of nitrogens with zero attached hydrogens (tertiary/aromatic N) is 3. The minimum Gasteiger partial charge on any atom is -0.444 e. The molecule has 2 N–H and O–H groups in total. The summed E-state index contributed by atoms with van der Waals surface area (Å²) in [6, 6.07) is 6.93. The van der Waals surface area contributed by atoms with Gasteiger partial charge in [-0.2, -0.15) is 15.0 Å². The Morgan fingerprint density at radius 1 is 1.09 bits per heavy atom. The van der Waals surface area contributed by atoms with Crippen LogP contribution in [0.5, 0.6) is 0 Å². The SMILES string of the molecule is CC(C)(C)OC(=O)Nc1cccc(Nc2nc(Cl)nc(Cl)n2)c1. The molecule has 1 heterocycles. The summed E-state index contributed by atoms with van der Waals surface area (Å²) in [7, 11) is 0. The molecule has 0 aliphatic carbocycles. The van der Waals surface area contributed by atoms with Crippen molar-refractivity contribution in [1.29, 1.82) is 0 Å². The topological polar surface area (TPSA) is 89.0 Å². The molecular weight excluding hydrogens is 341 g/mol. The summed E-state index contributed by atoms with van der Waals surface area (Å²) >= 11 is 11.4. The van der Waals surface area contributed by atoms with Crippen LogP contribution in [0, 0.1) is 0 Å². The number of ether oxygens (including phenoxy) is 1. The normalized spacial score (nSPS) is 11.0. The molecule has 0 unspecified atom stereocenters. The number of amides is 1. The van der Waals surface area contributed by atoms with Gasteiger partial charge in [0, 0.05) is 11.4 Å². The van der Waals surface area contributed by atoms with Gasteiger partial charge in [0.25, 0.3) is 0 Å². The fraction of sp³-hybridized carbons (Fsp3) is 0.286. The van der Waals surface area contributed by atoms with Gasteiger partial charge in [0.2, 0.25) is 16.5 Å². The van der Waals surface area contributed by atoms with Crippen molar-refractivity contribution in [3.05, 3.63) is 34.8 Å². The van der Waals surface area contributed by atoms with Crippen LogP contribution in [0.2, 0.25) is 10.6 Å². The molecule has 122 valence electrons. The van der Waals surface area contributed by atoms with Gasteiger partial charge in [-0.15, -0.1) is 0 Å². The van der Waals surface area contributed by atoms with E-state index in [4.69, 9.17) is 27.9 Å². The number of halogens is 2. The van der Waals surface area contributed by atoms with Crippen LogP contribution in [0.15, 0.2) is 24.3 Å². The summed E-state index contributed by atoms with van der Waals surface area (Å²) in [5.41, 5.74) is 0.616. The Labute approximate surface area is 143 Å². The van der Waals surface area contributed by atoms with Crippen LogP contribution in [0.4, 0.5) is 22.1 Å². The van der Waals surface area contributed by atoms with E-state index in [-0.39, 0.29) is 16.5 Å². The lowest BCUT2D eigenvalue weighted by atomic mass is 10.2. The van der Waals surface area contributed by atoms with Gasteiger partial charge >= 0.3 is 6.09 Å². The Morgan fingerprint density at radius 3 is 2.30 bits per heavy atom. The van der Waals surface area contributed by atoms with E-state index in [1.807, 2.05) is 0 Å². The predicted molar refractivity (Wildman–Crippen MR) is 89.4 cm³/mol. The third-order valence-electron chi connectivity index (χ3n) is 2.34. The number of rotatable bonds is 3. The number of hydrogen-bond acceptors (Lipinski definition) is 6. The molecule has 0 saturated heterocycles. The fourth-order valence-corrected chi connectivity index (χ4v) is 1.97. The van der Waals surface area contributed by atoms with Gasteiger partial charge in [-0.1, -0.05) is 6.07 Å². The van der Waals surface area contributed by atoms with Crippen LogP contribution in [0.1, 0.15) is 20.8 Å². The first-order valence-corrected chi connectivity index (χ1v) is 7.41. The molecule has 0 atom stereocenters. The maximum absolute atomic E-state index is 11.8. The highest BCUT2D eigenvalue weighted by Crippen LogP contribution is 2.20. The second-order valence-electron chi connectivity index (χ2n) is 5.53. The van der Waals surface area contributed by atoms with E-state index in [1.54, 1.807) is 45.0 Å². The molecule has 2 rings (SSSR count). The molecule has 0 spiro atoms. The largest absolute Gasteiger partial charge is 0.444 e. The molecule has 9 heteroatoms. The summed E-state index contributed by atoms with van der Waals surface area (Å²) in [4.78, 5) is 23.2. The predicted octanol–water partition coefficient (Wildman–Crippen LogP) is 4.27. The Hall–Kier alpha value is -2.12. The molecule has 1 aromatic heterocycles. The molecule has 2 aromatic rings. The molecular formula is C14H15Cl2N5O2. The zero-order valence-corrected chi connectivity index (χ0v) is 14.2. The molecule has 1 aromatic carbocycles. The maximum atomic E-state index is 11.8. The van der Waals surface area contributed by atoms with E-state index < -0.39 is 11.7 Å². The van der Waals surface area contributed by atoms with Gasteiger partial charge in [-0.3, -0.25) is 5.32 Å². The molecule has 7 nitrogen and oxygen atoms in total. The summed E-state index contributed by atoms with van der Waals surface area (Å²) in [5.74, 6) is 0.199. The van der Waals surface area contributed by atoms with Crippen LogP contribution in [-0.2, 0) is 4.74 Å². The summed E-state index contributed by atoms with van der Waals surface area (Å²) in [5, 5.41) is 5.53. The van der Waals surface area contributed by atoms with Crippen molar-refractivity contribution in [2.24, 2.45) is 0 Å². The highest BCUT2D eigenvalue weighted by Gasteiger charge is 2.16. The van der Waals surface area contributed by atoms with Gasteiger partial charge in [-0.05, 0) is 62.2 Å². The zero-order valence-electron chi connectivity index (χ0n) is 12.7. The number of benzene rings is 1. The number of carbonyl (C=O) groups is 1. The Kier molecular flexibility index (Phi) is 5.23. The molecule has 0 bridgehead atoms. The van der Waals surface area contributed by atoms with Crippen molar-refractivity contribution in [3.63, 3.8) is 0 Å². The second kappa shape index (κ2) is 6.97. The number of aromatic nitrogens is 3. The minimum atomic E-state index is -0.571. The Balaban J connectivity index is 2.09. The molecule has 0 radical (unpaired) electrons. The van der Waals surface area contributed by atoms with Gasteiger partial charge in [0.1, 0.15) is 5.60 Å². The minimum absolute atomic E-state index is 0.0180. The van der Waals surface area contributed by atoms with Gasteiger partial charge < -0.3 is 10.1 Å². The second-order valence-corrected chi connectivity index (χ2v) is 6.21. The number of nitrogens with one attached hydrogen (secondary N) is 2. The van der Waals surface area contributed by atoms with E-state index in [9.17, 15) is 4.79 Å². The number of carbonyl (C=O) groups excluding carboxylic acids is 1. The Morgan fingerprint density at radius 2 is 1.70 bits per heavy atom. The third kappa shape index (κ3) is 5.88. The quantitative estimate of drug-likeness (QED) is 0.854. The van der Waals surface area contributed by atoms with Crippen molar-refractivity contribution in [1.82, 2.24) is 15.0 Å². The first kappa shape index (κ1) is 17.2. The first-order valence-electron chi connectivity index (χ1n) is 6.65. The lowest BCUT2D eigenvalue weighted by Gasteiger charge is -2.19. The van der Waals surface area contributed by atoms with E-state index in [0.717, 1.165) is 0 Å². The van der Waals surface area contributed by atoms with Gasteiger partial charge in [-0.25, -0.2) is 4.79 Å². The van der Waals surface area contributed by atoms with Crippen LogP contribution in [-0.4, -0.2) is 26.6 Å². The zero-order chi connectivity index (χ0) is 17.0. The van der Waals surface area contributed by atoms with E-state index in [0.29, 0.717) is 11.4 Å². The van der Waals surface area contributed by atoms with Crippen LogP contribution < -0.4 is 10.6 Å². The molecule has 23 heavy (non-hydrogen) atoms. The fourth-order valence-electron chi connectivity index (χ4n) is 1.61. The standard InChI is InChI=1S/C14H15Cl2N5O2/c1-14(2,3)23-13(22)18-9-6-4-5-8(7-9)17-12-20-10(15)19-11(16)21-12/h4-7H,1-3H3,(H,18,22)(H,17,19,20,21). The molecule has 0 aliphatic heterocycles. The van der Waals surface area contributed by atoms with Crippen molar-refractivity contribution in [2.75, 3.05) is 10.6 Å². The van der Waals surface area contributed by atoms with Crippen molar-refractivity contribution in [3.8, 4) is 0 Å². The molecule has 0 saturated carbocycles. The molecule has 0 aliphatic rings. The molecule has 1 amide bonds. The van der Waals surface area contributed by atoms with Gasteiger partial charge in [0.05, 0.1) is 0 Å². The smallest absolute Gasteiger partial charge is 0.412 e. The van der Waals surface area contributed by atoms with E-state index in [1.165, 1.54) is 0 Å². The van der Waals surface area contributed by atoms with Crippen LogP contribution in [0.25, 0.3) is 0 Å². The monoisotopic (exact) mass is 355 g/mol. The lowest BCUT2D eigenvalue weighted by Crippen LogP contribution is -2.27. The first-order chi connectivity index (χ1) is 10.7. The maximum Gasteiger partial charge on any atom is 0.412 e. The van der Waals surface area contributed by atoms with Crippen molar-refractivity contribution >= 4 is 46.6 Å². The van der Waals surface area contributed by atoms with Crippen LogP contribution >= 0.6 is 23.2 Å². The van der Waals surface area contributed by atoms with Crippen LogP contribution in [0.3, 0.4) is 0 Å².